The Kier molecular flexibility index (Phi) is 5.04. The highest BCUT2D eigenvalue weighted by atomic mass is 35.5. The highest BCUT2D eigenvalue weighted by molar-refractivity contribution is 6.31. The molecule has 8 nitrogen and oxygen atoms in total. The molecule has 1 aliphatic rings. The van der Waals surface area contributed by atoms with Gasteiger partial charge in [0.2, 0.25) is 11.9 Å². The third-order valence-corrected chi connectivity index (χ3v) is 5.46. The molecule has 0 saturated heterocycles. The van der Waals surface area contributed by atoms with Crippen LogP contribution in [0.4, 0.5) is 11.6 Å². The number of fused-ring (bicyclic) bond motifs is 1. The van der Waals surface area contributed by atoms with E-state index in [1.807, 2.05) is 19.9 Å². The van der Waals surface area contributed by atoms with Gasteiger partial charge < -0.3 is 21.4 Å². The lowest BCUT2D eigenvalue weighted by atomic mass is 10.0. The van der Waals surface area contributed by atoms with Gasteiger partial charge in [-0.15, -0.1) is 0 Å². The predicted octanol–water partition coefficient (Wildman–Crippen LogP) is 3.50. The van der Waals surface area contributed by atoms with Crippen LogP contribution in [0.3, 0.4) is 0 Å². The van der Waals surface area contributed by atoms with E-state index in [0.29, 0.717) is 28.0 Å². The average Bonchev–Trinajstić information content (AvgIpc) is 3.32. The number of carbonyl (C=O) groups is 1. The van der Waals surface area contributed by atoms with Crippen LogP contribution in [-0.2, 0) is 4.79 Å². The highest BCUT2D eigenvalue weighted by Crippen LogP contribution is 2.32. The molecule has 152 valence electrons. The van der Waals surface area contributed by atoms with Crippen LogP contribution in [0.25, 0.3) is 22.3 Å². The minimum atomic E-state index is -0.874. The van der Waals surface area contributed by atoms with Gasteiger partial charge in [0.05, 0.1) is 16.9 Å². The number of anilines is 2. The van der Waals surface area contributed by atoms with Crippen molar-refractivity contribution in [3.63, 3.8) is 0 Å². The number of nitrogens with one attached hydrogen (secondary N) is 3. The monoisotopic (exact) mass is 413 g/mol. The Bertz CT molecular complexity index is 1060. The highest BCUT2D eigenvalue weighted by Gasteiger charge is 2.31. The predicted molar refractivity (Wildman–Crippen MR) is 115 cm³/mol. The first kappa shape index (κ1) is 19.4. The summed E-state index contributed by atoms with van der Waals surface area (Å²) < 4.78 is 0. The molecular weight excluding hydrogens is 390 g/mol. The van der Waals surface area contributed by atoms with Gasteiger partial charge in [0.25, 0.3) is 0 Å². The standard InChI is InChI=1S/C20H24ClN7O/c1-20(2,18(29)26-12-5-3-4-6-12)28-19-25-10-15(22)16(27-19)14-9-24-17-13(14)7-11(21)8-23-17/h7-10,12H,3-6,22H2,1-2H3,(H,23,24)(H,26,29)(H,25,27,28). The summed E-state index contributed by atoms with van der Waals surface area (Å²) in [5, 5.41) is 7.59. The van der Waals surface area contributed by atoms with Crippen LogP contribution in [0, 0.1) is 0 Å². The van der Waals surface area contributed by atoms with E-state index in [4.69, 9.17) is 17.3 Å². The fourth-order valence-corrected chi connectivity index (χ4v) is 3.77. The number of pyridine rings is 1. The summed E-state index contributed by atoms with van der Waals surface area (Å²) in [6.07, 6.45) is 9.27. The van der Waals surface area contributed by atoms with Crippen molar-refractivity contribution in [1.29, 1.82) is 0 Å². The zero-order valence-corrected chi connectivity index (χ0v) is 17.2. The van der Waals surface area contributed by atoms with Gasteiger partial charge in [0.1, 0.15) is 16.9 Å². The number of hydrogen-bond donors (Lipinski definition) is 4. The molecule has 0 bridgehead atoms. The Hall–Kier alpha value is -2.87. The Morgan fingerprint density at radius 3 is 2.79 bits per heavy atom. The lowest BCUT2D eigenvalue weighted by Gasteiger charge is -2.27. The number of H-pyrrole nitrogens is 1. The molecule has 0 atom stereocenters. The molecule has 1 amide bonds. The number of nitrogen functional groups attached to an aromatic ring is 1. The average molecular weight is 414 g/mol. The Labute approximate surface area is 173 Å². The van der Waals surface area contributed by atoms with Gasteiger partial charge in [0.15, 0.2) is 0 Å². The summed E-state index contributed by atoms with van der Waals surface area (Å²) in [6.45, 7) is 3.62. The number of nitrogens with two attached hydrogens (primary N) is 1. The molecule has 1 fully saturated rings. The first-order valence-electron chi connectivity index (χ1n) is 9.68. The smallest absolute Gasteiger partial charge is 0.245 e. The van der Waals surface area contributed by atoms with Crippen LogP contribution < -0.4 is 16.4 Å². The first-order chi connectivity index (χ1) is 13.8. The maximum absolute atomic E-state index is 12.7. The Balaban J connectivity index is 1.61. The molecule has 0 aliphatic heterocycles. The van der Waals surface area contributed by atoms with Crippen molar-refractivity contribution in [3.8, 4) is 11.3 Å². The number of aromatic amines is 1. The van der Waals surface area contributed by atoms with Crippen molar-refractivity contribution in [2.45, 2.75) is 51.1 Å². The van der Waals surface area contributed by atoms with Crippen molar-refractivity contribution in [2.24, 2.45) is 0 Å². The fraction of sp³-hybridized carbons (Fsp3) is 0.400. The van der Waals surface area contributed by atoms with E-state index in [1.165, 1.54) is 6.20 Å². The number of amides is 1. The Morgan fingerprint density at radius 1 is 1.28 bits per heavy atom. The molecule has 29 heavy (non-hydrogen) atoms. The molecule has 3 aromatic rings. The summed E-state index contributed by atoms with van der Waals surface area (Å²) in [5.74, 6) is 0.250. The van der Waals surface area contributed by atoms with Crippen LogP contribution >= 0.6 is 11.6 Å². The van der Waals surface area contributed by atoms with Crippen molar-refractivity contribution in [1.82, 2.24) is 25.3 Å². The van der Waals surface area contributed by atoms with E-state index in [0.717, 1.165) is 36.6 Å². The molecule has 0 unspecified atom stereocenters. The zero-order chi connectivity index (χ0) is 20.6. The topological polar surface area (TPSA) is 122 Å². The molecule has 0 aromatic carbocycles. The van der Waals surface area contributed by atoms with E-state index in [9.17, 15) is 4.79 Å². The maximum atomic E-state index is 12.7. The molecule has 4 rings (SSSR count). The molecule has 0 spiro atoms. The SMILES string of the molecule is CC(C)(Nc1ncc(N)c(-c2c[nH]c3ncc(Cl)cc23)n1)C(=O)NC1CCCC1. The molecular formula is C20H24ClN7O. The van der Waals surface area contributed by atoms with Gasteiger partial charge in [-0.3, -0.25) is 4.79 Å². The first-order valence-corrected chi connectivity index (χ1v) is 10.1. The summed E-state index contributed by atoms with van der Waals surface area (Å²) in [4.78, 5) is 28.9. The van der Waals surface area contributed by atoms with Crippen LogP contribution in [-0.4, -0.2) is 37.4 Å². The second-order valence-electron chi connectivity index (χ2n) is 7.95. The van der Waals surface area contributed by atoms with E-state index < -0.39 is 5.54 Å². The number of nitrogens with zero attached hydrogens (tertiary/aromatic N) is 3. The summed E-state index contributed by atoms with van der Waals surface area (Å²) in [7, 11) is 0. The van der Waals surface area contributed by atoms with Gasteiger partial charge in [-0.2, -0.15) is 0 Å². The number of aromatic nitrogens is 4. The van der Waals surface area contributed by atoms with Gasteiger partial charge in [-0.25, -0.2) is 15.0 Å². The second-order valence-corrected chi connectivity index (χ2v) is 8.39. The molecule has 1 aliphatic carbocycles. The van der Waals surface area contributed by atoms with Crippen molar-refractivity contribution < 1.29 is 4.79 Å². The quantitative estimate of drug-likeness (QED) is 0.507. The fourth-order valence-electron chi connectivity index (χ4n) is 3.61. The normalized spacial score (nSPS) is 15.0. The third kappa shape index (κ3) is 3.98. The van der Waals surface area contributed by atoms with Crippen LogP contribution in [0.1, 0.15) is 39.5 Å². The van der Waals surface area contributed by atoms with E-state index in [1.54, 1.807) is 12.4 Å². The van der Waals surface area contributed by atoms with Gasteiger partial charge in [0, 0.05) is 29.4 Å². The van der Waals surface area contributed by atoms with Crippen molar-refractivity contribution in [2.75, 3.05) is 11.1 Å². The van der Waals surface area contributed by atoms with Crippen LogP contribution in [0.2, 0.25) is 5.02 Å². The van der Waals surface area contributed by atoms with E-state index in [-0.39, 0.29) is 11.9 Å². The molecule has 5 N–H and O–H groups in total. The maximum Gasteiger partial charge on any atom is 0.245 e. The minimum Gasteiger partial charge on any atom is -0.396 e. The molecule has 0 radical (unpaired) electrons. The van der Waals surface area contributed by atoms with Gasteiger partial charge in [-0.1, -0.05) is 24.4 Å². The molecule has 3 aromatic heterocycles. The van der Waals surface area contributed by atoms with E-state index in [2.05, 4.69) is 30.6 Å². The number of rotatable bonds is 5. The summed E-state index contributed by atoms with van der Waals surface area (Å²) in [6, 6.07) is 2.05. The van der Waals surface area contributed by atoms with Crippen LogP contribution in [0.5, 0.6) is 0 Å². The molecule has 9 heteroatoms. The number of carbonyl (C=O) groups excluding carboxylic acids is 1. The van der Waals surface area contributed by atoms with Crippen molar-refractivity contribution >= 4 is 40.2 Å². The van der Waals surface area contributed by atoms with E-state index >= 15 is 0 Å². The minimum absolute atomic E-state index is 0.0746. The lowest BCUT2D eigenvalue weighted by molar-refractivity contribution is -0.125. The largest absolute Gasteiger partial charge is 0.396 e. The molecule has 1 saturated carbocycles. The number of hydrogen-bond acceptors (Lipinski definition) is 6. The summed E-state index contributed by atoms with van der Waals surface area (Å²) >= 11 is 6.10. The molecule has 3 heterocycles. The van der Waals surface area contributed by atoms with Gasteiger partial charge >= 0.3 is 0 Å². The van der Waals surface area contributed by atoms with Crippen LogP contribution in [0.15, 0.2) is 24.7 Å². The lowest BCUT2D eigenvalue weighted by Crippen LogP contribution is -2.50. The summed E-state index contributed by atoms with van der Waals surface area (Å²) in [5.41, 5.74) is 7.69. The van der Waals surface area contributed by atoms with Gasteiger partial charge in [-0.05, 0) is 32.8 Å². The number of halogens is 1. The third-order valence-electron chi connectivity index (χ3n) is 5.25. The Morgan fingerprint density at radius 2 is 2.03 bits per heavy atom. The second kappa shape index (κ2) is 7.51. The zero-order valence-electron chi connectivity index (χ0n) is 16.4. The van der Waals surface area contributed by atoms with Crippen molar-refractivity contribution in [3.05, 3.63) is 29.7 Å².